The minimum atomic E-state index is -0.974. The lowest BCUT2D eigenvalue weighted by Crippen LogP contribution is -2.29. The number of hydrogen-bond acceptors (Lipinski definition) is 5. The van der Waals surface area contributed by atoms with Crippen LogP contribution < -0.4 is 9.64 Å². The van der Waals surface area contributed by atoms with Crippen LogP contribution in [-0.2, 0) is 9.59 Å². The zero-order valence-corrected chi connectivity index (χ0v) is 20.0. The maximum Gasteiger partial charge on any atom is 0.300 e. The number of aliphatic hydroxyl groups is 1. The number of nitrogens with zero attached hydrogens (tertiary/aromatic N) is 1. The Morgan fingerprint density at radius 1 is 1.00 bits per heavy atom. The van der Waals surface area contributed by atoms with Crippen molar-refractivity contribution in [3.63, 3.8) is 0 Å². The van der Waals surface area contributed by atoms with Crippen LogP contribution in [0.25, 0.3) is 5.76 Å². The maximum absolute atomic E-state index is 13.3. The molecule has 1 aliphatic heterocycles. The molecule has 1 fully saturated rings. The van der Waals surface area contributed by atoms with E-state index in [9.17, 15) is 19.8 Å². The number of anilines is 1. The van der Waals surface area contributed by atoms with Gasteiger partial charge in [-0.15, -0.1) is 0 Å². The zero-order valence-electron chi connectivity index (χ0n) is 19.2. The molecular formula is C27H24ClNO5. The molecule has 1 unspecified atom stereocenters. The number of hydrogen-bond donors (Lipinski definition) is 2. The normalized spacial score (nSPS) is 17.3. The number of ketones is 1. The summed E-state index contributed by atoms with van der Waals surface area (Å²) in [5.74, 6) is -1.86. The van der Waals surface area contributed by atoms with Crippen LogP contribution in [0.4, 0.5) is 5.69 Å². The van der Waals surface area contributed by atoms with E-state index in [0.717, 1.165) is 16.7 Å². The van der Waals surface area contributed by atoms with Gasteiger partial charge < -0.3 is 14.9 Å². The summed E-state index contributed by atoms with van der Waals surface area (Å²) in [6.45, 7) is 5.66. The summed E-state index contributed by atoms with van der Waals surface area (Å²) in [5.41, 5.74) is 3.78. The van der Waals surface area contributed by atoms with Gasteiger partial charge >= 0.3 is 0 Å². The number of rotatable bonds is 4. The second-order valence-corrected chi connectivity index (χ2v) is 8.77. The first-order valence-electron chi connectivity index (χ1n) is 10.7. The molecule has 1 amide bonds. The molecule has 0 bridgehead atoms. The van der Waals surface area contributed by atoms with Crippen molar-refractivity contribution in [3.8, 4) is 11.5 Å². The molecule has 174 valence electrons. The van der Waals surface area contributed by atoms with Crippen molar-refractivity contribution < 1.29 is 24.5 Å². The fraction of sp³-hybridized carbons (Fsp3) is 0.185. The van der Waals surface area contributed by atoms with E-state index in [1.807, 2.05) is 26.0 Å². The van der Waals surface area contributed by atoms with E-state index in [1.165, 1.54) is 24.1 Å². The van der Waals surface area contributed by atoms with Crippen LogP contribution in [0.1, 0.15) is 33.9 Å². The van der Waals surface area contributed by atoms with Crippen LogP contribution in [0.3, 0.4) is 0 Å². The highest BCUT2D eigenvalue weighted by Gasteiger charge is 2.47. The van der Waals surface area contributed by atoms with Gasteiger partial charge in [0, 0.05) is 5.69 Å². The molecule has 1 atom stereocenters. The number of aromatic hydroxyl groups is 1. The van der Waals surface area contributed by atoms with Crippen molar-refractivity contribution in [1.82, 2.24) is 0 Å². The second-order valence-electron chi connectivity index (χ2n) is 8.36. The Kier molecular flexibility index (Phi) is 6.11. The van der Waals surface area contributed by atoms with Crippen LogP contribution in [0.2, 0.25) is 5.02 Å². The monoisotopic (exact) mass is 477 g/mol. The van der Waals surface area contributed by atoms with Crippen molar-refractivity contribution >= 4 is 34.7 Å². The molecule has 6 nitrogen and oxygen atoms in total. The lowest BCUT2D eigenvalue weighted by atomic mass is 9.94. The minimum absolute atomic E-state index is 0.0284. The molecule has 4 rings (SSSR count). The summed E-state index contributed by atoms with van der Waals surface area (Å²) in [4.78, 5) is 28.0. The molecule has 7 heteroatoms. The first kappa shape index (κ1) is 23.4. The molecule has 0 aliphatic carbocycles. The van der Waals surface area contributed by atoms with Gasteiger partial charge in [0.05, 0.1) is 29.3 Å². The average Bonchev–Trinajstić information content (AvgIpc) is 3.05. The Balaban J connectivity index is 2.02. The third-order valence-corrected chi connectivity index (χ3v) is 6.33. The molecule has 34 heavy (non-hydrogen) atoms. The largest absolute Gasteiger partial charge is 0.508 e. The number of aryl methyl sites for hydroxylation is 3. The summed E-state index contributed by atoms with van der Waals surface area (Å²) < 4.78 is 5.40. The predicted molar refractivity (Wildman–Crippen MR) is 132 cm³/mol. The van der Waals surface area contributed by atoms with Gasteiger partial charge in [-0.2, -0.15) is 0 Å². The van der Waals surface area contributed by atoms with Crippen LogP contribution in [0.15, 0.2) is 60.2 Å². The SMILES string of the molecule is COc1c(Cl)cc(C)cc1/C(O)=C1\C(=O)C(=O)N(c2ccc(C)c(C)c2)C1c1cccc(O)c1. The van der Waals surface area contributed by atoms with Crippen molar-refractivity contribution in [3.05, 3.63) is 93.0 Å². The second kappa shape index (κ2) is 8.88. The molecule has 0 saturated carbocycles. The molecule has 1 heterocycles. The smallest absolute Gasteiger partial charge is 0.300 e. The molecule has 2 N–H and O–H groups in total. The number of carbonyl (C=O) groups excluding carboxylic acids is 2. The Hall–Kier alpha value is -3.77. The number of aliphatic hydroxyl groups excluding tert-OH is 1. The fourth-order valence-corrected chi connectivity index (χ4v) is 4.59. The minimum Gasteiger partial charge on any atom is -0.508 e. The molecule has 1 aliphatic rings. The molecule has 3 aromatic carbocycles. The first-order chi connectivity index (χ1) is 16.1. The number of methoxy groups -OCH3 is 1. The molecular weight excluding hydrogens is 454 g/mol. The Bertz CT molecular complexity index is 1360. The highest BCUT2D eigenvalue weighted by molar-refractivity contribution is 6.51. The summed E-state index contributed by atoms with van der Waals surface area (Å²) in [6, 6.07) is 14.1. The van der Waals surface area contributed by atoms with E-state index >= 15 is 0 Å². The van der Waals surface area contributed by atoms with E-state index in [4.69, 9.17) is 16.3 Å². The van der Waals surface area contributed by atoms with E-state index in [1.54, 1.807) is 37.3 Å². The van der Waals surface area contributed by atoms with Crippen LogP contribution in [0.5, 0.6) is 11.5 Å². The van der Waals surface area contributed by atoms with E-state index in [-0.39, 0.29) is 27.7 Å². The van der Waals surface area contributed by atoms with Crippen molar-refractivity contribution in [2.45, 2.75) is 26.8 Å². The topological polar surface area (TPSA) is 87.1 Å². The van der Waals surface area contributed by atoms with Crippen molar-refractivity contribution in [1.29, 1.82) is 0 Å². The van der Waals surface area contributed by atoms with Crippen LogP contribution in [-0.4, -0.2) is 29.0 Å². The number of halogens is 1. The van der Waals surface area contributed by atoms with Crippen LogP contribution in [0, 0.1) is 20.8 Å². The average molecular weight is 478 g/mol. The molecule has 0 spiro atoms. The zero-order chi connectivity index (χ0) is 24.7. The fourth-order valence-electron chi connectivity index (χ4n) is 4.24. The predicted octanol–water partition coefficient (Wildman–Crippen LogP) is 5.61. The van der Waals surface area contributed by atoms with Crippen molar-refractivity contribution in [2.24, 2.45) is 0 Å². The number of phenols is 1. The number of carbonyl (C=O) groups is 2. The number of phenolic OH excluding ortho intramolecular Hbond substituents is 1. The highest BCUT2D eigenvalue weighted by atomic mass is 35.5. The summed E-state index contributed by atoms with van der Waals surface area (Å²) in [5, 5.41) is 21.8. The standard InChI is InChI=1S/C27H24ClNO5/c1-14-10-20(26(34-4)21(28)11-14)24(31)22-23(17-6-5-7-19(30)13-17)29(27(33)25(22)32)18-9-8-15(2)16(3)12-18/h5-13,23,30-31H,1-4H3/b24-22+. The maximum atomic E-state index is 13.3. The van der Waals surface area contributed by atoms with Gasteiger partial charge in [0.1, 0.15) is 17.3 Å². The van der Waals surface area contributed by atoms with Gasteiger partial charge in [0.2, 0.25) is 0 Å². The van der Waals surface area contributed by atoms with Crippen molar-refractivity contribution in [2.75, 3.05) is 12.0 Å². The summed E-state index contributed by atoms with van der Waals surface area (Å²) in [7, 11) is 1.41. The van der Waals surface area contributed by atoms with Gasteiger partial charge in [0.15, 0.2) is 0 Å². The van der Waals surface area contributed by atoms with E-state index in [2.05, 4.69) is 0 Å². The Morgan fingerprint density at radius 2 is 1.74 bits per heavy atom. The number of ether oxygens (including phenoxy) is 1. The van der Waals surface area contributed by atoms with E-state index < -0.39 is 23.5 Å². The quantitative estimate of drug-likeness (QED) is 0.290. The third-order valence-electron chi connectivity index (χ3n) is 6.05. The Morgan fingerprint density at radius 3 is 2.38 bits per heavy atom. The van der Waals surface area contributed by atoms with E-state index in [0.29, 0.717) is 11.3 Å². The van der Waals surface area contributed by atoms with Gasteiger partial charge in [-0.3, -0.25) is 14.5 Å². The van der Waals surface area contributed by atoms with Gasteiger partial charge in [-0.25, -0.2) is 0 Å². The molecule has 3 aromatic rings. The van der Waals surface area contributed by atoms with Gasteiger partial charge in [-0.05, 0) is 79.4 Å². The highest BCUT2D eigenvalue weighted by Crippen LogP contribution is 2.45. The van der Waals surface area contributed by atoms with Crippen LogP contribution >= 0.6 is 11.6 Å². The number of benzene rings is 3. The van der Waals surface area contributed by atoms with Gasteiger partial charge in [0.25, 0.3) is 11.7 Å². The lowest BCUT2D eigenvalue weighted by Gasteiger charge is -2.26. The Labute approximate surface area is 202 Å². The lowest BCUT2D eigenvalue weighted by molar-refractivity contribution is -0.132. The summed E-state index contributed by atoms with van der Waals surface area (Å²) in [6.07, 6.45) is 0. The number of Topliss-reactive ketones (excluding diaryl/α,β-unsaturated/α-hetero) is 1. The first-order valence-corrected chi connectivity index (χ1v) is 11.0. The van der Waals surface area contributed by atoms with Gasteiger partial charge in [-0.1, -0.05) is 29.8 Å². The molecule has 0 radical (unpaired) electrons. The molecule has 1 saturated heterocycles. The summed E-state index contributed by atoms with van der Waals surface area (Å²) >= 11 is 6.33. The third kappa shape index (κ3) is 3.90. The molecule has 0 aromatic heterocycles. The number of amides is 1.